The van der Waals surface area contributed by atoms with Gasteiger partial charge in [0, 0.05) is 19.1 Å². The van der Waals surface area contributed by atoms with Crippen molar-refractivity contribution >= 4 is 6.47 Å². The van der Waals surface area contributed by atoms with Gasteiger partial charge >= 0.3 is 0 Å². The van der Waals surface area contributed by atoms with Gasteiger partial charge in [-0.3, -0.25) is 9.69 Å². The molecule has 1 aliphatic rings. The van der Waals surface area contributed by atoms with E-state index in [0.29, 0.717) is 12.5 Å². The van der Waals surface area contributed by atoms with Crippen LogP contribution in [0.15, 0.2) is 0 Å². The van der Waals surface area contributed by atoms with Crippen LogP contribution in [-0.2, 0) is 9.53 Å². The van der Waals surface area contributed by atoms with Gasteiger partial charge in [0.15, 0.2) is 0 Å². The second kappa shape index (κ2) is 3.72. The Hall–Kier alpha value is -0.570. The van der Waals surface area contributed by atoms with Crippen LogP contribution in [0.2, 0.25) is 0 Å². The van der Waals surface area contributed by atoms with Crippen LogP contribution in [0.1, 0.15) is 20.3 Å². The highest BCUT2D eigenvalue weighted by Crippen LogP contribution is 2.14. The predicted octanol–water partition coefficient (Wildman–Crippen LogP) is 0.642. The quantitative estimate of drug-likeness (QED) is 0.563. The fourth-order valence-corrected chi connectivity index (χ4v) is 1.41. The predicted molar refractivity (Wildman–Crippen MR) is 42.3 cm³/mol. The van der Waals surface area contributed by atoms with Crippen LogP contribution < -0.4 is 0 Å². The zero-order chi connectivity index (χ0) is 8.27. The summed E-state index contributed by atoms with van der Waals surface area (Å²) < 4.78 is 4.86. The lowest BCUT2D eigenvalue weighted by molar-refractivity contribution is -0.133. The van der Waals surface area contributed by atoms with E-state index < -0.39 is 0 Å². The molecule has 0 bridgehead atoms. The van der Waals surface area contributed by atoms with Gasteiger partial charge in [0.25, 0.3) is 6.47 Å². The van der Waals surface area contributed by atoms with Crippen molar-refractivity contribution in [3.8, 4) is 0 Å². The molecule has 0 amide bonds. The van der Waals surface area contributed by atoms with E-state index in [1.807, 2.05) is 0 Å². The van der Waals surface area contributed by atoms with Crippen LogP contribution in [0.4, 0.5) is 0 Å². The van der Waals surface area contributed by atoms with Crippen LogP contribution in [0.3, 0.4) is 0 Å². The van der Waals surface area contributed by atoms with E-state index in [2.05, 4.69) is 18.7 Å². The third-order valence-corrected chi connectivity index (χ3v) is 2.15. The average molecular weight is 157 g/mol. The molecule has 0 N–H and O–H groups in total. The number of likely N-dealkylation sites (tertiary alicyclic amines) is 1. The Balaban J connectivity index is 2.28. The van der Waals surface area contributed by atoms with Crippen molar-refractivity contribution < 1.29 is 9.53 Å². The van der Waals surface area contributed by atoms with E-state index >= 15 is 0 Å². The highest BCUT2D eigenvalue weighted by atomic mass is 16.5. The van der Waals surface area contributed by atoms with Gasteiger partial charge in [0.1, 0.15) is 6.10 Å². The Morgan fingerprint density at radius 3 is 2.82 bits per heavy atom. The molecule has 0 aliphatic carbocycles. The Bertz CT molecular complexity index is 136. The van der Waals surface area contributed by atoms with Gasteiger partial charge in [-0.1, -0.05) is 0 Å². The minimum atomic E-state index is 0.134. The standard InChI is InChI=1S/C8H15NO2/c1-7(2)9-4-3-8(5-9)11-6-10/h6-8H,3-5H2,1-2H3. The average Bonchev–Trinajstić information content (AvgIpc) is 2.37. The van der Waals surface area contributed by atoms with Crippen molar-refractivity contribution in [2.75, 3.05) is 13.1 Å². The van der Waals surface area contributed by atoms with E-state index in [0.717, 1.165) is 19.5 Å². The summed E-state index contributed by atoms with van der Waals surface area (Å²) in [6, 6.07) is 0.565. The molecule has 3 nitrogen and oxygen atoms in total. The number of hydrogen-bond donors (Lipinski definition) is 0. The summed E-state index contributed by atoms with van der Waals surface area (Å²) >= 11 is 0. The lowest BCUT2D eigenvalue weighted by Gasteiger charge is -2.19. The van der Waals surface area contributed by atoms with Crippen molar-refractivity contribution in [1.82, 2.24) is 4.90 Å². The Morgan fingerprint density at radius 1 is 1.64 bits per heavy atom. The van der Waals surface area contributed by atoms with Gasteiger partial charge < -0.3 is 4.74 Å². The molecule has 1 fully saturated rings. The number of rotatable bonds is 3. The first-order valence-corrected chi connectivity index (χ1v) is 4.07. The molecular formula is C8H15NO2. The molecule has 1 unspecified atom stereocenters. The molecule has 64 valence electrons. The zero-order valence-electron chi connectivity index (χ0n) is 7.12. The molecule has 0 saturated carbocycles. The first-order chi connectivity index (χ1) is 5.24. The number of nitrogens with zero attached hydrogens (tertiary/aromatic N) is 1. The summed E-state index contributed by atoms with van der Waals surface area (Å²) in [5, 5.41) is 0. The fourth-order valence-electron chi connectivity index (χ4n) is 1.41. The molecule has 1 heterocycles. The molecule has 0 aromatic rings. The van der Waals surface area contributed by atoms with Crippen LogP contribution in [0.25, 0.3) is 0 Å². The Morgan fingerprint density at radius 2 is 2.36 bits per heavy atom. The molecule has 1 aliphatic heterocycles. The zero-order valence-corrected chi connectivity index (χ0v) is 7.12. The van der Waals surface area contributed by atoms with E-state index in [4.69, 9.17) is 4.74 Å². The first kappa shape index (κ1) is 8.53. The van der Waals surface area contributed by atoms with Gasteiger partial charge in [-0.05, 0) is 20.3 Å². The van der Waals surface area contributed by atoms with Gasteiger partial charge in [0.05, 0.1) is 0 Å². The lowest BCUT2D eigenvalue weighted by Crippen LogP contribution is -2.29. The van der Waals surface area contributed by atoms with Gasteiger partial charge in [-0.15, -0.1) is 0 Å². The summed E-state index contributed by atoms with van der Waals surface area (Å²) in [6.07, 6.45) is 1.12. The van der Waals surface area contributed by atoms with E-state index in [1.54, 1.807) is 0 Å². The fraction of sp³-hybridized carbons (Fsp3) is 0.875. The van der Waals surface area contributed by atoms with Crippen molar-refractivity contribution in [2.24, 2.45) is 0 Å². The van der Waals surface area contributed by atoms with Crippen LogP contribution in [0.5, 0.6) is 0 Å². The maximum Gasteiger partial charge on any atom is 0.293 e. The van der Waals surface area contributed by atoms with Crippen LogP contribution in [0, 0.1) is 0 Å². The SMILES string of the molecule is CC(C)N1CCC(OC=O)C1. The summed E-state index contributed by atoms with van der Waals surface area (Å²) in [5.74, 6) is 0. The van der Waals surface area contributed by atoms with Crippen LogP contribution in [-0.4, -0.2) is 36.6 Å². The Labute approximate surface area is 67.3 Å². The minimum absolute atomic E-state index is 0.134. The molecule has 0 spiro atoms. The molecule has 11 heavy (non-hydrogen) atoms. The number of ether oxygens (including phenoxy) is 1. The van der Waals surface area contributed by atoms with Gasteiger partial charge in [0.2, 0.25) is 0 Å². The van der Waals surface area contributed by atoms with Crippen molar-refractivity contribution in [3.05, 3.63) is 0 Å². The highest BCUT2D eigenvalue weighted by molar-refractivity contribution is 5.37. The topological polar surface area (TPSA) is 29.5 Å². The lowest BCUT2D eigenvalue weighted by atomic mass is 10.3. The third-order valence-electron chi connectivity index (χ3n) is 2.15. The van der Waals surface area contributed by atoms with E-state index in [-0.39, 0.29) is 6.10 Å². The molecule has 0 aromatic heterocycles. The maximum absolute atomic E-state index is 10.00. The van der Waals surface area contributed by atoms with Crippen molar-refractivity contribution in [2.45, 2.75) is 32.4 Å². The summed E-state index contributed by atoms with van der Waals surface area (Å²) in [4.78, 5) is 12.3. The van der Waals surface area contributed by atoms with Gasteiger partial charge in [-0.2, -0.15) is 0 Å². The molecule has 0 radical (unpaired) electrons. The molecule has 1 atom stereocenters. The normalized spacial score (nSPS) is 25.9. The largest absolute Gasteiger partial charge is 0.463 e. The summed E-state index contributed by atoms with van der Waals surface area (Å²) in [7, 11) is 0. The summed E-state index contributed by atoms with van der Waals surface area (Å²) in [5.41, 5.74) is 0. The Kier molecular flexibility index (Phi) is 2.88. The number of carbonyl (C=O) groups is 1. The first-order valence-electron chi connectivity index (χ1n) is 4.07. The van der Waals surface area contributed by atoms with Crippen molar-refractivity contribution in [3.63, 3.8) is 0 Å². The van der Waals surface area contributed by atoms with E-state index in [1.165, 1.54) is 0 Å². The smallest absolute Gasteiger partial charge is 0.293 e. The minimum Gasteiger partial charge on any atom is -0.463 e. The molecule has 1 rings (SSSR count). The molecule has 3 heteroatoms. The third kappa shape index (κ3) is 2.19. The second-order valence-electron chi connectivity index (χ2n) is 3.23. The van der Waals surface area contributed by atoms with E-state index in [9.17, 15) is 4.79 Å². The number of hydrogen-bond acceptors (Lipinski definition) is 3. The summed E-state index contributed by atoms with van der Waals surface area (Å²) in [6.45, 7) is 6.81. The molecular weight excluding hydrogens is 142 g/mol. The molecule has 1 saturated heterocycles. The van der Waals surface area contributed by atoms with Crippen LogP contribution >= 0.6 is 0 Å². The monoisotopic (exact) mass is 157 g/mol. The van der Waals surface area contributed by atoms with Crippen molar-refractivity contribution in [1.29, 1.82) is 0 Å². The second-order valence-corrected chi connectivity index (χ2v) is 3.23. The number of carbonyl (C=O) groups excluding carboxylic acids is 1. The maximum atomic E-state index is 10.00. The highest BCUT2D eigenvalue weighted by Gasteiger charge is 2.24. The molecule has 0 aromatic carbocycles. The van der Waals surface area contributed by atoms with Gasteiger partial charge in [-0.25, -0.2) is 0 Å².